The van der Waals surface area contributed by atoms with Crippen molar-refractivity contribution in [3.05, 3.63) is 28.8 Å². The van der Waals surface area contributed by atoms with Gasteiger partial charge in [0, 0.05) is 17.1 Å². The van der Waals surface area contributed by atoms with Crippen LogP contribution in [0.3, 0.4) is 0 Å². The number of anilines is 1. The summed E-state index contributed by atoms with van der Waals surface area (Å²) >= 11 is 6.05. The van der Waals surface area contributed by atoms with Crippen LogP contribution in [0.4, 0.5) is 5.69 Å². The van der Waals surface area contributed by atoms with Crippen molar-refractivity contribution in [1.82, 2.24) is 15.2 Å². The standard InChI is InChI=1S/C20H26ClN5O2/c1-3-17-23-24-19-20(28)25(15-6-4-5-7-16(15)26(17)19)11-18(27)22-14-10-13(21)9-8-12(14)2/h8-10,15-16,19,24H,3-7,11H2,1-2H3,(H,22,27). The average Bonchev–Trinajstić information content (AvgIpc) is 3.12. The van der Waals surface area contributed by atoms with Crippen LogP contribution in [0, 0.1) is 6.92 Å². The van der Waals surface area contributed by atoms with E-state index in [-0.39, 0.29) is 30.4 Å². The fraction of sp³-hybridized carbons (Fsp3) is 0.550. The molecule has 2 N–H and O–H groups in total. The van der Waals surface area contributed by atoms with E-state index in [0.717, 1.165) is 43.5 Å². The summed E-state index contributed by atoms with van der Waals surface area (Å²) in [4.78, 5) is 29.9. The summed E-state index contributed by atoms with van der Waals surface area (Å²) in [5.41, 5.74) is 4.60. The molecule has 3 atom stereocenters. The van der Waals surface area contributed by atoms with Crippen LogP contribution in [-0.4, -0.2) is 52.2 Å². The number of piperazine rings is 1. The van der Waals surface area contributed by atoms with E-state index in [1.54, 1.807) is 17.0 Å². The first-order valence-corrected chi connectivity index (χ1v) is 10.3. The topological polar surface area (TPSA) is 77.0 Å². The smallest absolute Gasteiger partial charge is 0.268 e. The molecule has 0 spiro atoms. The molecule has 2 amide bonds. The maximum atomic E-state index is 13.2. The monoisotopic (exact) mass is 403 g/mol. The molecule has 28 heavy (non-hydrogen) atoms. The van der Waals surface area contributed by atoms with Crippen molar-refractivity contribution in [2.24, 2.45) is 5.10 Å². The van der Waals surface area contributed by atoms with Gasteiger partial charge in [0.25, 0.3) is 5.91 Å². The molecule has 1 aliphatic carbocycles. The highest BCUT2D eigenvalue weighted by Crippen LogP contribution is 2.35. The second-order valence-corrected chi connectivity index (χ2v) is 8.15. The van der Waals surface area contributed by atoms with Crippen LogP contribution in [0.1, 0.15) is 44.6 Å². The third-order valence-corrected chi connectivity index (χ3v) is 6.20. The van der Waals surface area contributed by atoms with Gasteiger partial charge in [0.1, 0.15) is 12.4 Å². The highest BCUT2D eigenvalue weighted by atomic mass is 35.5. The van der Waals surface area contributed by atoms with Gasteiger partial charge in [0.2, 0.25) is 5.91 Å². The van der Waals surface area contributed by atoms with Gasteiger partial charge in [0.15, 0.2) is 6.17 Å². The van der Waals surface area contributed by atoms with Crippen molar-refractivity contribution in [2.75, 3.05) is 11.9 Å². The molecule has 1 saturated carbocycles. The molecule has 2 heterocycles. The molecule has 1 aromatic rings. The molecule has 0 bridgehead atoms. The quantitative estimate of drug-likeness (QED) is 0.810. The Morgan fingerprint density at radius 2 is 2.07 bits per heavy atom. The number of aryl methyl sites for hydroxylation is 1. The SMILES string of the molecule is CCC1=NNC2C(=O)N(CC(=O)Nc3cc(Cl)ccc3C)C3CCCCC3N12. The number of fused-ring (bicyclic) bond motifs is 3. The lowest BCUT2D eigenvalue weighted by Gasteiger charge is -2.51. The minimum atomic E-state index is -0.491. The summed E-state index contributed by atoms with van der Waals surface area (Å²) in [6, 6.07) is 5.65. The molecule has 3 unspecified atom stereocenters. The molecule has 4 rings (SSSR count). The van der Waals surface area contributed by atoms with Crippen LogP contribution in [0.2, 0.25) is 5.02 Å². The summed E-state index contributed by atoms with van der Waals surface area (Å²) in [5.74, 6) is 0.661. The van der Waals surface area contributed by atoms with E-state index in [1.807, 2.05) is 13.0 Å². The Hall–Kier alpha value is -2.28. The Labute approximate surface area is 170 Å². The molecule has 2 aliphatic heterocycles. The number of benzene rings is 1. The highest BCUT2D eigenvalue weighted by molar-refractivity contribution is 6.31. The van der Waals surface area contributed by atoms with Crippen LogP contribution >= 0.6 is 11.6 Å². The maximum Gasteiger partial charge on any atom is 0.268 e. The van der Waals surface area contributed by atoms with E-state index in [1.165, 1.54) is 0 Å². The first-order chi connectivity index (χ1) is 13.5. The Balaban J connectivity index is 1.53. The van der Waals surface area contributed by atoms with Crippen LogP contribution < -0.4 is 10.7 Å². The summed E-state index contributed by atoms with van der Waals surface area (Å²) in [6.45, 7) is 4.01. The van der Waals surface area contributed by atoms with Crippen molar-refractivity contribution in [1.29, 1.82) is 0 Å². The second-order valence-electron chi connectivity index (χ2n) is 7.71. The fourth-order valence-corrected chi connectivity index (χ4v) is 4.76. The minimum Gasteiger partial charge on any atom is -0.325 e. The lowest BCUT2D eigenvalue weighted by atomic mass is 9.85. The lowest BCUT2D eigenvalue weighted by Crippen LogP contribution is -2.69. The van der Waals surface area contributed by atoms with Gasteiger partial charge in [0.05, 0.1) is 12.1 Å². The number of carbonyl (C=O) groups excluding carboxylic acids is 2. The van der Waals surface area contributed by atoms with Crippen molar-refractivity contribution in [3.63, 3.8) is 0 Å². The van der Waals surface area contributed by atoms with Crippen molar-refractivity contribution >= 4 is 34.9 Å². The molecule has 8 heteroatoms. The van der Waals surface area contributed by atoms with Gasteiger partial charge in [-0.2, -0.15) is 5.10 Å². The lowest BCUT2D eigenvalue weighted by molar-refractivity contribution is -0.151. The van der Waals surface area contributed by atoms with Crippen molar-refractivity contribution in [2.45, 2.75) is 64.2 Å². The molecule has 0 radical (unpaired) electrons. The Morgan fingerprint density at radius 1 is 1.32 bits per heavy atom. The number of hydrogen-bond acceptors (Lipinski definition) is 5. The molecule has 7 nitrogen and oxygen atoms in total. The van der Waals surface area contributed by atoms with Gasteiger partial charge in [-0.1, -0.05) is 37.4 Å². The molecule has 0 aromatic heterocycles. The zero-order valence-electron chi connectivity index (χ0n) is 16.2. The first-order valence-electron chi connectivity index (χ1n) is 9.96. The number of amides is 2. The van der Waals surface area contributed by atoms with Gasteiger partial charge in [-0.3, -0.25) is 15.0 Å². The van der Waals surface area contributed by atoms with E-state index in [9.17, 15) is 9.59 Å². The molecular formula is C20H26ClN5O2. The zero-order chi connectivity index (χ0) is 19.8. The summed E-state index contributed by atoms with van der Waals surface area (Å²) in [7, 11) is 0. The maximum absolute atomic E-state index is 13.2. The molecular weight excluding hydrogens is 378 g/mol. The fourth-order valence-electron chi connectivity index (χ4n) is 4.59. The van der Waals surface area contributed by atoms with Gasteiger partial charge in [-0.15, -0.1) is 0 Å². The number of carbonyl (C=O) groups is 2. The third-order valence-electron chi connectivity index (χ3n) is 5.96. The highest BCUT2D eigenvalue weighted by Gasteiger charge is 2.50. The molecule has 1 aromatic carbocycles. The van der Waals surface area contributed by atoms with E-state index in [4.69, 9.17) is 11.6 Å². The van der Waals surface area contributed by atoms with Crippen molar-refractivity contribution < 1.29 is 9.59 Å². The zero-order valence-corrected chi connectivity index (χ0v) is 17.0. The van der Waals surface area contributed by atoms with Crippen LogP contribution in [0.15, 0.2) is 23.3 Å². The normalized spacial score (nSPS) is 26.3. The predicted molar refractivity (Wildman–Crippen MR) is 109 cm³/mol. The van der Waals surface area contributed by atoms with Crippen LogP contribution in [0.5, 0.6) is 0 Å². The number of hydrazone groups is 1. The largest absolute Gasteiger partial charge is 0.325 e. The van der Waals surface area contributed by atoms with E-state index in [2.05, 4.69) is 27.7 Å². The van der Waals surface area contributed by atoms with Gasteiger partial charge in [-0.25, -0.2) is 0 Å². The van der Waals surface area contributed by atoms with Crippen molar-refractivity contribution in [3.8, 4) is 0 Å². The Kier molecular flexibility index (Phi) is 5.19. The van der Waals surface area contributed by atoms with E-state index in [0.29, 0.717) is 10.7 Å². The summed E-state index contributed by atoms with van der Waals surface area (Å²) in [5, 5.41) is 7.85. The number of rotatable bonds is 4. The molecule has 1 saturated heterocycles. The predicted octanol–water partition coefficient (Wildman–Crippen LogP) is 2.70. The van der Waals surface area contributed by atoms with Crippen LogP contribution in [0.25, 0.3) is 0 Å². The van der Waals surface area contributed by atoms with Gasteiger partial charge >= 0.3 is 0 Å². The number of nitrogens with zero attached hydrogens (tertiary/aromatic N) is 3. The summed E-state index contributed by atoms with van der Waals surface area (Å²) in [6.07, 6.45) is 4.44. The Morgan fingerprint density at radius 3 is 2.82 bits per heavy atom. The van der Waals surface area contributed by atoms with Crippen LogP contribution in [-0.2, 0) is 9.59 Å². The van der Waals surface area contributed by atoms with E-state index < -0.39 is 6.17 Å². The number of hydrogen-bond donors (Lipinski definition) is 2. The molecule has 3 aliphatic rings. The van der Waals surface area contributed by atoms with Gasteiger partial charge in [-0.05, 0) is 37.5 Å². The second kappa shape index (κ2) is 7.62. The number of nitrogens with one attached hydrogen (secondary N) is 2. The third kappa shape index (κ3) is 3.32. The first kappa shape index (κ1) is 19.1. The minimum absolute atomic E-state index is 0.0411. The molecule has 2 fully saturated rings. The number of amidine groups is 1. The Bertz CT molecular complexity index is 827. The van der Waals surface area contributed by atoms with Gasteiger partial charge < -0.3 is 15.1 Å². The summed E-state index contributed by atoms with van der Waals surface area (Å²) < 4.78 is 0. The van der Waals surface area contributed by atoms with E-state index >= 15 is 0 Å². The number of halogens is 1. The molecule has 150 valence electrons. The average molecular weight is 404 g/mol.